The van der Waals surface area contributed by atoms with Crippen LogP contribution in [-0.2, 0) is 0 Å². The van der Waals surface area contributed by atoms with Crippen molar-refractivity contribution >= 4 is 17.7 Å². The van der Waals surface area contributed by atoms with Crippen molar-refractivity contribution < 1.29 is 19.1 Å². The molecule has 1 fully saturated rings. The summed E-state index contributed by atoms with van der Waals surface area (Å²) in [6.07, 6.45) is 6.31. The Kier molecular flexibility index (Phi) is 6.34. The lowest BCUT2D eigenvalue weighted by Gasteiger charge is -2.30. The molecule has 156 valence electrons. The molecule has 0 spiro atoms. The van der Waals surface area contributed by atoms with Gasteiger partial charge in [0.2, 0.25) is 5.88 Å². The Bertz CT molecular complexity index is 940. The van der Waals surface area contributed by atoms with Gasteiger partial charge in [-0.3, -0.25) is 0 Å². The number of benzene rings is 1. The van der Waals surface area contributed by atoms with Crippen LogP contribution in [0.3, 0.4) is 0 Å². The number of hydrogen-bond donors (Lipinski definition) is 0. The highest BCUT2D eigenvalue weighted by Gasteiger charge is 2.24. The first-order valence-electron chi connectivity index (χ1n) is 9.65. The van der Waals surface area contributed by atoms with E-state index in [4.69, 9.17) is 25.9 Å². The van der Waals surface area contributed by atoms with Crippen LogP contribution in [0.2, 0.25) is 5.02 Å². The summed E-state index contributed by atoms with van der Waals surface area (Å²) < 4.78 is 11.1. The number of aromatic nitrogens is 3. The third kappa shape index (κ3) is 5.42. The van der Waals surface area contributed by atoms with Crippen LogP contribution in [-0.4, -0.2) is 45.6 Å². The monoisotopic (exact) mass is 428 g/mol. The number of hydrogen-bond acceptors (Lipinski definition) is 6. The van der Waals surface area contributed by atoms with Crippen molar-refractivity contribution in [3.63, 3.8) is 0 Å². The van der Waals surface area contributed by atoms with Crippen molar-refractivity contribution in [1.82, 2.24) is 19.8 Å². The molecule has 0 saturated carbocycles. The summed E-state index contributed by atoms with van der Waals surface area (Å²) in [6.45, 7) is 1.85. The fourth-order valence-corrected chi connectivity index (χ4v) is 3.19. The Labute approximate surface area is 178 Å². The summed E-state index contributed by atoms with van der Waals surface area (Å²) in [6, 6.07) is 12.0. The lowest BCUT2D eigenvalue weighted by molar-refractivity contribution is 0.0366. The van der Waals surface area contributed by atoms with Crippen LogP contribution in [0.4, 0.5) is 4.79 Å². The average Bonchev–Trinajstić information content (AvgIpc) is 3.29. The Balaban J connectivity index is 1.22. The Hall–Kier alpha value is -3.26. The number of carbonyl (C=O) groups is 1. The number of carbonyl (C=O) groups excluding carboxylic acids is 1. The normalized spacial score (nSPS) is 14.4. The third-order valence-electron chi connectivity index (χ3n) is 4.75. The lowest BCUT2D eigenvalue weighted by atomic mass is 9.98. The van der Waals surface area contributed by atoms with Crippen LogP contribution in [0.1, 0.15) is 12.8 Å². The molecule has 30 heavy (non-hydrogen) atoms. The van der Waals surface area contributed by atoms with E-state index in [1.165, 1.54) is 11.0 Å². The minimum atomic E-state index is -0.352. The molecular formula is C21H21ClN4O4. The molecule has 1 aliphatic heterocycles. The second-order valence-electron chi connectivity index (χ2n) is 6.89. The standard InChI is InChI=1S/C21H21ClN4O4/c22-17-2-7-20(23-14-17)29-18-3-5-19(6-4-18)30-21(27)25-12-8-16(9-13-25)15-28-26-11-1-10-24-26/h1-7,10-11,14,16H,8-9,12-13,15H2. The van der Waals surface area contributed by atoms with E-state index < -0.39 is 0 Å². The van der Waals surface area contributed by atoms with E-state index in [1.807, 2.05) is 6.07 Å². The Morgan fingerprint density at radius 2 is 1.87 bits per heavy atom. The van der Waals surface area contributed by atoms with Crippen molar-refractivity contribution in [1.29, 1.82) is 0 Å². The third-order valence-corrected chi connectivity index (χ3v) is 4.97. The summed E-state index contributed by atoms with van der Waals surface area (Å²) in [4.78, 5) is 25.3. The van der Waals surface area contributed by atoms with E-state index in [0.717, 1.165) is 12.8 Å². The lowest BCUT2D eigenvalue weighted by Crippen LogP contribution is -2.41. The van der Waals surface area contributed by atoms with Gasteiger partial charge in [-0.2, -0.15) is 0 Å². The van der Waals surface area contributed by atoms with Gasteiger partial charge in [0.25, 0.3) is 0 Å². The van der Waals surface area contributed by atoms with Crippen molar-refractivity contribution in [2.24, 2.45) is 5.92 Å². The summed E-state index contributed by atoms with van der Waals surface area (Å²) in [5.41, 5.74) is 0. The summed E-state index contributed by atoms with van der Waals surface area (Å²) in [7, 11) is 0. The molecule has 1 saturated heterocycles. The maximum Gasteiger partial charge on any atom is 0.415 e. The molecule has 9 heteroatoms. The number of ether oxygens (including phenoxy) is 2. The highest BCUT2D eigenvalue weighted by atomic mass is 35.5. The first-order valence-corrected chi connectivity index (χ1v) is 10.0. The highest BCUT2D eigenvalue weighted by Crippen LogP contribution is 2.24. The summed E-state index contributed by atoms with van der Waals surface area (Å²) in [5, 5.41) is 4.56. The molecule has 0 aliphatic carbocycles. The molecule has 2 aromatic heterocycles. The first-order chi connectivity index (χ1) is 14.7. The first kappa shape index (κ1) is 20.0. The molecule has 0 atom stereocenters. The molecule has 3 heterocycles. The molecule has 1 amide bonds. The molecule has 1 aromatic carbocycles. The second kappa shape index (κ2) is 9.49. The minimum absolute atomic E-state index is 0.352. The number of likely N-dealkylation sites (tertiary alicyclic amines) is 1. The van der Waals surface area contributed by atoms with Gasteiger partial charge in [-0.25, -0.2) is 9.78 Å². The molecule has 1 aliphatic rings. The van der Waals surface area contributed by atoms with Gasteiger partial charge in [-0.1, -0.05) is 11.6 Å². The molecule has 4 rings (SSSR count). The van der Waals surface area contributed by atoms with E-state index >= 15 is 0 Å². The van der Waals surface area contributed by atoms with E-state index in [-0.39, 0.29) is 6.09 Å². The number of rotatable bonds is 6. The SMILES string of the molecule is O=C(Oc1ccc(Oc2ccc(Cl)cn2)cc1)N1CCC(COn2cccn2)CC1. The van der Waals surface area contributed by atoms with Gasteiger partial charge in [0.1, 0.15) is 18.1 Å². The zero-order valence-corrected chi connectivity index (χ0v) is 16.9. The number of pyridine rings is 1. The molecule has 8 nitrogen and oxygen atoms in total. The average molecular weight is 429 g/mol. The van der Waals surface area contributed by atoms with Gasteiger partial charge in [-0.15, -0.1) is 9.94 Å². The fraction of sp³-hybridized carbons (Fsp3) is 0.286. The highest BCUT2D eigenvalue weighted by molar-refractivity contribution is 6.30. The summed E-state index contributed by atoms with van der Waals surface area (Å²) >= 11 is 5.81. The molecule has 0 radical (unpaired) electrons. The number of halogens is 1. The fourth-order valence-electron chi connectivity index (χ4n) is 3.08. The van der Waals surface area contributed by atoms with Crippen LogP contribution in [0, 0.1) is 5.92 Å². The van der Waals surface area contributed by atoms with E-state index in [1.54, 1.807) is 53.7 Å². The number of nitrogens with zero attached hydrogens (tertiary/aromatic N) is 4. The minimum Gasteiger partial charge on any atom is -0.439 e. The predicted molar refractivity (Wildman–Crippen MR) is 110 cm³/mol. The number of amides is 1. The van der Waals surface area contributed by atoms with E-state index in [2.05, 4.69) is 10.1 Å². The smallest absolute Gasteiger partial charge is 0.415 e. The molecular weight excluding hydrogens is 408 g/mol. The molecule has 0 unspecified atom stereocenters. The quantitative estimate of drug-likeness (QED) is 0.589. The van der Waals surface area contributed by atoms with Gasteiger partial charge in [-0.05, 0) is 55.2 Å². The van der Waals surface area contributed by atoms with Gasteiger partial charge in [0, 0.05) is 25.4 Å². The molecule has 0 N–H and O–H groups in total. The van der Waals surface area contributed by atoms with Crippen LogP contribution in [0.25, 0.3) is 0 Å². The molecule has 3 aromatic rings. The van der Waals surface area contributed by atoms with Gasteiger partial charge in [0.15, 0.2) is 0 Å². The Morgan fingerprint density at radius 3 is 2.53 bits per heavy atom. The largest absolute Gasteiger partial charge is 0.439 e. The van der Waals surface area contributed by atoms with Crippen molar-refractivity contribution in [2.75, 3.05) is 19.7 Å². The van der Waals surface area contributed by atoms with Crippen LogP contribution < -0.4 is 14.3 Å². The van der Waals surface area contributed by atoms with Gasteiger partial charge >= 0.3 is 6.09 Å². The van der Waals surface area contributed by atoms with Gasteiger partial charge in [0.05, 0.1) is 17.4 Å². The zero-order chi connectivity index (χ0) is 20.8. The predicted octanol–water partition coefficient (Wildman–Crippen LogP) is 4.06. The number of piperidine rings is 1. The van der Waals surface area contributed by atoms with Crippen LogP contribution in [0.5, 0.6) is 17.4 Å². The summed E-state index contributed by atoms with van der Waals surface area (Å²) in [5.74, 6) is 1.86. The van der Waals surface area contributed by atoms with Crippen LogP contribution in [0.15, 0.2) is 61.1 Å². The van der Waals surface area contributed by atoms with Crippen molar-refractivity contribution in [3.8, 4) is 17.4 Å². The van der Waals surface area contributed by atoms with Crippen LogP contribution >= 0.6 is 11.6 Å². The zero-order valence-electron chi connectivity index (χ0n) is 16.2. The van der Waals surface area contributed by atoms with E-state index in [9.17, 15) is 4.79 Å². The van der Waals surface area contributed by atoms with Crippen molar-refractivity contribution in [3.05, 3.63) is 66.1 Å². The van der Waals surface area contributed by atoms with Crippen molar-refractivity contribution in [2.45, 2.75) is 12.8 Å². The second-order valence-corrected chi connectivity index (χ2v) is 7.33. The van der Waals surface area contributed by atoms with Gasteiger partial charge < -0.3 is 19.2 Å². The maximum atomic E-state index is 12.4. The Morgan fingerprint density at radius 1 is 1.10 bits per heavy atom. The van der Waals surface area contributed by atoms with E-state index in [0.29, 0.717) is 48.0 Å². The topological polar surface area (TPSA) is 78.7 Å². The maximum absolute atomic E-state index is 12.4. The molecule has 0 bridgehead atoms.